The number of fused-ring (bicyclic) bond motifs is 1. The van der Waals surface area contributed by atoms with Crippen LogP contribution < -0.4 is 10.1 Å². The number of carbonyl (C=O) groups excluding carboxylic acids is 1. The van der Waals surface area contributed by atoms with E-state index >= 15 is 0 Å². The molecule has 0 aliphatic carbocycles. The molecule has 2 heterocycles. The van der Waals surface area contributed by atoms with Crippen molar-refractivity contribution < 1.29 is 13.7 Å². The number of ether oxygens (including phenoxy) is 1. The fourth-order valence-electron chi connectivity index (χ4n) is 3.03. The first-order valence-corrected chi connectivity index (χ1v) is 11.1. The van der Waals surface area contributed by atoms with Gasteiger partial charge in [-0.1, -0.05) is 40.9 Å². The third-order valence-electron chi connectivity index (χ3n) is 4.46. The maximum Gasteiger partial charge on any atom is 0.263 e. The van der Waals surface area contributed by atoms with Crippen molar-refractivity contribution in [3.63, 3.8) is 0 Å². The lowest BCUT2D eigenvalue weighted by molar-refractivity contribution is -0.118. The Labute approximate surface area is 180 Å². The summed E-state index contributed by atoms with van der Waals surface area (Å²) in [5.74, 6) is 1.26. The van der Waals surface area contributed by atoms with Crippen molar-refractivity contribution in [1.29, 1.82) is 0 Å². The zero-order valence-electron chi connectivity index (χ0n) is 15.4. The molecule has 0 saturated carbocycles. The predicted molar refractivity (Wildman–Crippen MR) is 114 cm³/mol. The third kappa shape index (κ3) is 4.32. The average molecular weight is 450 g/mol. The quantitative estimate of drug-likeness (QED) is 0.630. The summed E-state index contributed by atoms with van der Waals surface area (Å²) in [7, 11) is -1.01. The molecule has 1 atom stereocenters. The highest BCUT2D eigenvalue weighted by molar-refractivity contribution is 7.83. The van der Waals surface area contributed by atoms with Gasteiger partial charge in [-0.2, -0.15) is 5.10 Å². The molecule has 1 N–H and O–H groups in total. The highest BCUT2D eigenvalue weighted by atomic mass is 35.5. The minimum Gasteiger partial charge on any atom is -0.482 e. The Morgan fingerprint density at radius 3 is 2.69 bits per heavy atom. The van der Waals surface area contributed by atoms with Crippen LogP contribution in [0.4, 0.5) is 5.82 Å². The molecule has 6 nitrogen and oxygen atoms in total. The lowest BCUT2D eigenvalue weighted by atomic mass is 10.2. The summed E-state index contributed by atoms with van der Waals surface area (Å²) in [5.41, 5.74) is 3.46. The van der Waals surface area contributed by atoms with Crippen LogP contribution >= 0.6 is 23.2 Å². The minimum atomic E-state index is -1.01. The lowest BCUT2D eigenvalue weighted by Gasteiger charge is -2.12. The minimum absolute atomic E-state index is 0.238. The number of benzene rings is 2. The maximum absolute atomic E-state index is 12.6. The summed E-state index contributed by atoms with van der Waals surface area (Å²) in [6.45, 7) is 1.76. The standard InChI is InChI=1S/C20H17Cl2N3O3S/c1-12-2-5-14(6-3-12)25-20(15-10-29(27)11-17(15)24-25)23-19(26)9-28-18-7-4-13(21)8-16(18)22/h2-8H,9-11H2,1H3,(H,23,26). The van der Waals surface area contributed by atoms with Crippen molar-refractivity contribution in [2.75, 3.05) is 11.9 Å². The van der Waals surface area contributed by atoms with E-state index in [1.165, 1.54) is 0 Å². The molecule has 2 aromatic carbocycles. The van der Waals surface area contributed by atoms with Gasteiger partial charge in [0, 0.05) is 21.4 Å². The molecule has 3 aromatic rings. The summed E-state index contributed by atoms with van der Waals surface area (Å²) in [6, 6.07) is 12.6. The zero-order chi connectivity index (χ0) is 20.5. The predicted octanol–water partition coefficient (Wildman–Crippen LogP) is 4.27. The molecule has 1 aliphatic rings. The number of aromatic nitrogens is 2. The van der Waals surface area contributed by atoms with E-state index in [2.05, 4.69) is 10.4 Å². The van der Waals surface area contributed by atoms with Crippen LogP contribution in [0.3, 0.4) is 0 Å². The van der Waals surface area contributed by atoms with Gasteiger partial charge in [-0.3, -0.25) is 9.00 Å². The molecule has 0 spiro atoms. The number of hydrogen-bond donors (Lipinski definition) is 1. The van der Waals surface area contributed by atoms with Crippen LogP contribution in [0.5, 0.6) is 5.75 Å². The van der Waals surface area contributed by atoms with Crippen LogP contribution in [0.1, 0.15) is 16.8 Å². The number of nitrogens with one attached hydrogen (secondary N) is 1. The van der Waals surface area contributed by atoms with Gasteiger partial charge in [0.05, 0.1) is 27.9 Å². The molecule has 1 amide bonds. The molecular weight excluding hydrogens is 433 g/mol. The van der Waals surface area contributed by atoms with Crippen LogP contribution in [0.2, 0.25) is 10.0 Å². The van der Waals surface area contributed by atoms with Crippen LogP contribution in [-0.2, 0) is 27.1 Å². The molecule has 1 aromatic heterocycles. The van der Waals surface area contributed by atoms with Crippen LogP contribution in [0, 0.1) is 6.92 Å². The van der Waals surface area contributed by atoms with Gasteiger partial charge in [-0.05, 0) is 37.3 Å². The SMILES string of the molecule is Cc1ccc(-n2nc3c(c2NC(=O)COc2ccc(Cl)cc2Cl)CS(=O)C3)cc1. The van der Waals surface area contributed by atoms with Gasteiger partial charge in [0.2, 0.25) is 0 Å². The molecular formula is C20H17Cl2N3O3S. The van der Waals surface area contributed by atoms with Crippen molar-refractivity contribution in [3.8, 4) is 11.4 Å². The number of nitrogens with zero attached hydrogens (tertiary/aromatic N) is 2. The largest absolute Gasteiger partial charge is 0.482 e. The van der Waals surface area contributed by atoms with E-state index < -0.39 is 10.8 Å². The van der Waals surface area contributed by atoms with Crippen molar-refractivity contribution in [1.82, 2.24) is 9.78 Å². The van der Waals surface area contributed by atoms with Crippen LogP contribution in [-0.4, -0.2) is 26.5 Å². The van der Waals surface area contributed by atoms with E-state index in [0.29, 0.717) is 33.1 Å². The van der Waals surface area contributed by atoms with Gasteiger partial charge >= 0.3 is 0 Å². The van der Waals surface area contributed by atoms with E-state index in [4.69, 9.17) is 27.9 Å². The Bertz CT molecular complexity index is 1110. The molecule has 29 heavy (non-hydrogen) atoms. The number of rotatable bonds is 5. The molecule has 0 radical (unpaired) electrons. The highest BCUT2D eigenvalue weighted by Crippen LogP contribution is 2.32. The van der Waals surface area contributed by atoms with Gasteiger partial charge in [-0.25, -0.2) is 4.68 Å². The monoisotopic (exact) mass is 449 g/mol. The first-order chi connectivity index (χ1) is 13.9. The summed E-state index contributed by atoms with van der Waals surface area (Å²) in [5, 5.41) is 8.24. The zero-order valence-corrected chi connectivity index (χ0v) is 17.8. The molecule has 4 rings (SSSR count). The van der Waals surface area contributed by atoms with E-state index in [0.717, 1.165) is 22.5 Å². The fourth-order valence-corrected chi connectivity index (χ4v) is 4.76. The second-order valence-electron chi connectivity index (χ2n) is 6.66. The van der Waals surface area contributed by atoms with Gasteiger partial charge in [0.1, 0.15) is 11.6 Å². The fraction of sp³-hybridized carbons (Fsp3) is 0.200. The number of halogens is 2. The van der Waals surface area contributed by atoms with Gasteiger partial charge < -0.3 is 10.1 Å². The maximum atomic E-state index is 12.6. The molecule has 9 heteroatoms. The van der Waals surface area contributed by atoms with Gasteiger partial charge in [-0.15, -0.1) is 0 Å². The summed E-state index contributed by atoms with van der Waals surface area (Å²) < 4.78 is 19.2. The van der Waals surface area contributed by atoms with Gasteiger partial charge in [0.15, 0.2) is 6.61 Å². The smallest absolute Gasteiger partial charge is 0.263 e. The average Bonchev–Trinajstić information content (AvgIpc) is 3.19. The van der Waals surface area contributed by atoms with Gasteiger partial charge in [0.25, 0.3) is 5.91 Å². The van der Waals surface area contributed by atoms with Crippen molar-refractivity contribution >= 4 is 45.7 Å². The van der Waals surface area contributed by atoms with Crippen LogP contribution in [0.15, 0.2) is 42.5 Å². The highest BCUT2D eigenvalue weighted by Gasteiger charge is 2.28. The van der Waals surface area contributed by atoms with E-state index in [1.54, 1.807) is 22.9 Å². The van der Waals surface area contributed by atoms with Crippen molar-refractivity contribution in [2.24, 2.45) is 0 Å². The number of aryl methyl sites for hydroxylation is 1. The molecule has 0 fully saturated rings. The summed E-state index contributed by atoms with van der Waals surface area (Å²) in [4.78, 5) is 12.6. The normalized spacial score (nSPS) is 15.2. The topological polar surface area (TPSA) is 73.2 Å². The molecule has 150 valence electrons. The Morgan fingerprint density at radius 1 is 1.21 bits per heavy atom. The van der Waals surface area contributed by atoms with E-state index in [-0.39, 0.29) is 12.5 Å². The number of carbonyl (C=O) groups is 1. The lowest BCUT2D eigenvalue weighted by Crippen LogP contribution is -2.22. The summed E-state index contributed by atoms with van der Waals surface area (Å²) >= 11 is 11.9. The molecule has 0 bridgehead atoms. The Kier molecular flexibility index (Phi) is 5.63. The van der Waals surface area contributed by atoms with E-state index in [9.17, 15) is 9.00 Å². The van der Waals surface area contributed by atoms with Crippen LogP contribution in [0.25, 0.3) is 5.69 Å². The Morgan fingerprint density at radius 2 is 1.97 bits per heavy atom. The molecule has 1 aliphatic heterocycles. The Balaban J connectivity index is 1.56. The first kappa shape index (κ1) is 19.9. The van der Waals surface area contributed by atoms with Crippen molar-refractivity contribution in [3.05, 3.63) is 69.3 Å². The first-order valence-electron chi connectivity index (χ1n) is 8.81. The molecule has 0 saturated heterocycles. The second kappa shape index (κ2) is 8.18. The number of amides is 1. The third-order valence-corrected chi connectivity index (χ3v) is 6.20. The number of hydrogen-bond acceptors (Lipinski definition) is 4. The molecule has 1 unspecified atom stereocenters. The van der Waals surface area contributed by atoms with E-state index in [1.807, 2.05) is 31.2 Å². The van der Waals surface area contributed by atoms with Crippen molar-refractivity contribution in [2.45, 2.75) is 18.4 Å². The second-order valence-corrected chi connectivity index (χ2v) is 8.96. The summed E-state index contributed by atoms with van der Waals surface area (Å²) in [6.07, 6.45) is 0. The number of anilines is 1. The Hall–Kier alpha value is -2.35.